The Morgan fingerprint density at radius 1 is 0.933 bits per heavy atom. The summed E-state index contributed by atoms with van der Waals surface area (Å²) in [5, 5.41) is 6.67. The lowest BCUT2D eigenvalue weighted by atomic mass is 10.1. The van der Waals surface area contributed by atoms with Gasteiger partial charge in [0.15, 0.2) is 0 Å². The van der Waals surface area contributed by atoms with Gasteiger partial charge < -0.3 is 10.6 Å². The minimum Gasteiger partial charge on any atom is -0.345 e. The Bertz CT molecular complexity index is 1080. The lowest BCUT2D eigenvalue weighted by Gasteiger charge is -2.16. The van der Waals surface area contributed by atoms with E-state index in [-0.39, 0.29) is 17.9 Å². The maximum atomic E-state index is 12.8. The highest BCUT2D eigenvalue weighted by Gasteiger charge is 2.15. The predicted molar refractivity (Wildman–Crippen MR) is 123 cm³/mol. The molecule has 0 heterocycles. The first-order chi connectivity index (χ1) is 14.4. The summed E-state index contributed by atoms with van der Waals surface area (Å²) in [5.41, 5.74) is 2.47. The molecule has 2 amide bonds. The fourth-order valence-corrected chi connectivity index (χ4v) is 3.34. The van der Waals surface area contributed by atoms with Crippen LogP contribution < -0.4 is 10.6 Å². The van der Waals surface area contributed by atoms with Gasteiger partial charge in [-0.25, -0.2) is 0 Å². The van der Waals surface area contributed by atoms with Crippen molar-refractivity contribution in [3.8, 4) is 0 Å². The maximum Gasteiger partial charge on any atom is 0.253 e. The zero-order chi connectivity index (χ0) is 21.5. The predicted octanol–water partition coefficient (Wildman–Crippen LogP) is 6.14. The van der Waals surface area contributed by atoms with Crippen molar-refractivity contribution in [2.24, 2.45) is 0 Å². The summed E-state index contributed by atoms with van der Waals surface area (Å²) in [5.74, 6) is -0.649. The number of halogens is 2. The number of hydrogen-bond acceptors (Lipinski definition) is 2. The van der Waals surface area contributed by atoms with Gasteiger partial charge in [0, 0.05) is 16.1 Å². The molecule has 0 aliphatic rings. The van der Waals surface area contributed by atoms with Crippen molar-refractivity contribution in [1.82, 2.24) is 5.32 Å². The molecule has 3 aromatic rings. The molecular weight excluding hydrogens is 419 g/mol. The Hall–Kier alpha value is -3.08. The summed E-state index contributed by atoms with van der Waals surface area (Å²) in [6, 6.07) is 21.4. The number of nitrogens with one attached hydrogen (secondary N) is 2. The van der Waals surface area contributed by atoms with Crippen molar-refractivity contribution in [2.75, 3.05) is 5.32 Å². The van der Waals surface area contributed by atoms with E-state index in [1.54, 1.807) is 48.5 Å². The number of rotatable bonds is 6. The quantitative estimate of drug-likeness (QED) is 0.454. The summed E-state index contributed by atoms with van der Waals surface area (Å²) in [6.45, 7) is 1.91. The van der Waals surface area contributed by atoms with E-state index in [1.807, 2.05) is 37.3 Å². The minimum atomic E-state index is -0.377. The van der Waals surface area contributed by atoms with Gasteiger partial charge in [-0.3, -0.25) is 9.59 Å². The normalized spacial score (nSPS) is 11.8. The third kappa shape index (κ3) is 5.72. The number of carbonyl (C=O) groups is 2. The zero-order valence-electron chi connectivity index (χ0n) is 16.2. The molecule has 3 aromatic carbocycles. The first-order valence-corrected chi connectivity index (χ1v) is 10.1. The second kappa shape index (κ2) is 10.1. The summed E-state index contributed by atoms with van der Waals surface area (Å²) in [4.78, 5) is 25.2. The van der Waals surface area contributed by atoms with Gasteiger partial charge in [-0.05, 0) is 48.4 Å². The molecule has 30 heavy (non-hydrogen) atoms. The van der Waals surface area contributed by atoms with E-state index in [0.717, 1.165) is 5.56 Å². The van der Waals surface area contributed by atoms with Crippen molar-refractivity contribution in [2.45, 2.75) is 13.0 Å². The van der Waals surface area contributed by atoms with E-state index in [0.29, 0.717) is 26.9 Å². The molecular formula is C24H20Cl2N2O2. The molecule has 0 aliphatic carbocycles. The van der Waals surface area contributed by atoms with E-state index >= 15 is 0 Å². The number of hydrogen-bond donors (Lipinski definition) is 2. The van der Waals surface area contributed by atoms with Gasteiger partial charge in [0.05, 0.1) is 17.3 Å². The number of carbonyl (C=O) groups excluding carboxylic acids is 2. The van der Waals surface area contributed by atoms with Crippen molar-refractivity contribution in [3.63, 3.8) is 0 Å². The zero-order valence-corrected chi connectivity index (χ0v) is 17.7. The Balaban J connectivity index is 1.70. The van der Waals surface area contributed by atoms with Crippen LogP contribution in [-0.2, 0) is 4.79 Å². The molecule has 0 unspecified atom stereocenters. The first-order valence-electron chi connectivity index (χ1n) is 9.33. The minimum absolute atomic E-state index is 0.172. The van der Waals surface area contributed by atoms with Gasteiger partial charge >= 0.3 is 0 Å². The van der Waals surface area contributed by atoms with Crippen molar-refractivity contribution < 1.29 is 9.59 Å². The molecule has 0 saturated heterocycles. The average Bonchev–Trinajstić information content (AvgIpc) is 2.74. The van der Waals surface area contributed by atoms with Gasteiger partial charge in [0.1, 0.15) is 0 Å². The van der Waals surface area contributed by atoms with Crippen molar-refractivity contribution in [3.05, 3.63) is 106 Å². The molecule has 0 aromatic heterocycles. The van der Waals surface area contributed by atoms with E-state index in [2.05, 4.69) is 10.6 Å². The Kier molecular flexibility index (Phi) is 7.28. The van der Waals surface area contributed by atoms with Gasteiger partial charge in [0.2, 0.25) is 5.91 Å². The smallest absolute Gasteiger partial charge is 0.253 e. The highest BCUT2D eigenvalue weighted by molar-refractivity contribution is 6.35. The highest BCUT2D eigenvalue weighted by atomic mass is 35.5. The van der Waals surface area contributed by atoms with Crippen molar-refractivity contribution >= 4 is 46.8 Å². The third-order valence-electron chi connectivity index (χ3n) is 4.45. The number of para-hydroxylation sites is 1. The number of benzene rings is 3. The molecule has 6 heteroatoms. The molecule has 152 valence electrons. The third-order valence-corrected chi connectivity index (χ3v) is 5.02. The van der Waals surface area contributed by atoms with Crippen LogP contribution in [0.15, 0.2) is 78.9 Å². The highest BCUT2D eigenvalue weighted by Crippen LogP contribution is 2.22. The average molecular weight is 439 g/mol. The van der Waals surface area contributed by atoms with E-state index < -0.39 is 0 Å². The summed E-state index contributed by atoms with van der Waals surface area (Å²) >= 11 is 12.0. The van der Waals surface area contributed by atoms with Gasteiger partial charge in [-0.1, -0.05) is 71.7 Å². The molecule has 0 saturated carbocycles. The van der Waals surface area contributed by atoms with Crippen LogP contribution in [0.2, 0.25) is 10.0 Å². The fourth-order valence-electron chi connectivity index (χ4n) is 2.87. The van der Waals surface area contributed by atoms with Crippen LogP contribution in [0.25, 0.3) is 6.08 Å². The standard InChI is InChI=1S/C24H20Cl2N2O2/c1-16(17-7-3-2-4-8-17)27-24(30)20-9-5-6-10-22(20)28-23(29)14-12-18-11-13-19(25)15-21(18)26/h2-16H,1H3,(H,27,30)(H,28,29)/b14-12+/t16-/m1/s1. The molecule has 2 N–H and O–H groups in total. The lowest BCUT2D eigenvalue weighted by Crippen LogP contribution is -2.27. The maximum absolute atomic E-state index is 12.8. The molecule has 4 nitrogen and oxygen atoms in total. The van der Waals surface area contributed by atoms with E-state index in [1.165, 1.54) is 6.08 Å². The van der Waals surface area contributed by atoms with Crippen LogP contribution in [0.5, 0.6) is 0 Å². The number of anilines is 1. The second-order valence-corrected chi connectivity index (χ2v) is 7.48. The van der Waals surface area contributed by atoms with Crippen LogP contribution in [-0.4, -0.2) is 11.8 Å². The monoisotopic (exact) mass is 438 g/mol. The largest absolute Gasteiger partial charge is 0.345 e. The molecule has 0 radical (unpaired) electrons. The Morgan fingerprint density at radius 2 is 1.63 bits per heavy atom. The van der Waals surface area contributed by atoms with E-state index in [9.17, 15) is 9.59 Å². The van der Waals surface area contributed by atoms with E-state index in [4.69, 9.17) is 23.2 Å². The second-order valence-electron chi connectivity index (χ2n) is 6.64. The molecule has 0 fully saturated rings. The van der Waals surface area contributed by atoms with Crippen molar-refractivity contribution in [1.29, 1.82) is 0 Å². The molecule has 3 rings (SSSR count). The van der Waals surface area contributed by atoms with Crippen LogP contribution in [0, 0.1) is 0 Å². The summed E-state index contributed by atoms with van der Waals surface area (Å²) in [7, 11) is 0. The summed E-state index contributed by atoms with van der Waals surface area (Å²) in [6.07, 6.45) is 2.95. The molecule has 0 aliphatic heterocycles. The SMILES string of the molecule is C[C@@H](NC(=O)c1ccccc1NC(=O)/C=C/c1ccc(Cl)cc1Cl)c1ccccc1. The number of amides is 2. The Labute approximate surface area is 185 Å². The van der Waals surface area contributed by atoms with Crippen LogP contribution in [0.3, 0.4) is 0 Å². The van der Waals surface area contributed by atoms with Gasteiger partial charge in [0.25, 0.3) is 5.91 Å². The molecule has 0 spiro atoms. The molecule has 0 bridgehead atoms. The van der Waals surface area contributed by atoms with Crippen LogP contribution >= 0.6 is 23.2 Å². The van der Waals surface area contributed by atoms with Crippen LogP contribution in [0.4, 0.5) is 5.69 Å². The molecule has 1 atom stereocenters. The fraction of sp³-hybridized carbons (Fsp3) is 0.0833. The lowest BCUT2D eigenvalue weighted by molar-refractivity contribution is -0.111. The van der Waals surface area contributed by atoms with Gasteiger partial charge in [-0.2, -0.15) is 0 Å². The summed E-state index contributed by atoms with van der Waals surface area (Å²) < 4.78 is 0. The van der Waals surface area contributed by atoms with Gasteiger partial charge in [-0.15, -0.1) is 0 Å². The topological polar surface area (TPSA) is 58.2 Å². The first kappa shape index (κ1) is 21.6. The Morgan fingerprint density at radius 3 is 2.37 bits per heavy atom. The van der Waals surface area contributed by atoms with Crippen LogP contribution in [0.1, 0.15) is 34.5 Å².